The zero-order chi connectivity index (χ0) is 11.5. The summed E-state index contributed by atoms with van der Waals surface area (Å²) in [6, 6.07) is 7.07. The molecule has 0 atom stereocenters. The number of nitrogens with one attached hydrogen (secondary N) is 1. The summed E-state index contributed by atoms with van der Waals surface area (Å²) in [5.41, 5.74) is 4.05. The molecular formula is C14H22N2. The summed E-state index contributed by atoms with van der Waals surface area (Å²) in [5.74, 6) is 0. The highest BCUT2D eigenvalue weighted by Crippen LogP contribution is 2.32. The average molecular weight is 218 g/mol. The van der Waals surface area contributed by atoms with Gasteiger partial charge >= 0.3 is 0 Å². The van der Waals surface area contributed by atoms with Gasteiger partial charge < -0.3 is 10.2 Å². The Balaban J connectivity index is 2.31. The van der Waals surface area contributed by atoms with Gasteiger partial charge in [0, 0.05) is 19.1 Å². The van der Waals surface area contributed by atoms with E-state index in [-0.39, 0.29) is 0 Å². The zero-order valence-electron chi connectivity index (χ0n) is 10.6. The minimum absolute atomic E-state index is 0.488. The Morgan fingerprint density at radius 3 is 2.50 bits per heavy atom. The van der Waals surface area contributed by atoms with Crippen molar-refractivity contribution in [1.82, 2.24) is 0 Å². The number of nitrogens with zero attached hydrogens (tertiary/aromatic N) is 1. The first-order valence-corrected chi connectivity index (χ1v) is 6.29. The smallest absolute Gasteiger partial charge is 0.0609 e. The molecule has 0 unspecified atom stereocenters. The summed E-state index contributed by atoms with van der Waals surface area (Å²) < 4.78 is 0. The summed E-state index contributed by atoms with van der Waals surface area (Å²) >= 11 is 0. The van der Waals surface area contributed by atoms with Gasteiger partial charge in [-0.1, -0.05) is 12.1 Å². The molecule has 1 N–H and O–H groups in total. The second-order valence-corrected chi connectivity index (χ2v) is 4.96. The number of para-hydroxylation sites is 1. The van der Waals surface area contributed by atoms with E-state index in [1.165, 1.54) is 42.9 Å². The van der Waals surface area contributed by atoms with E-state index in [1.54, 1.807) is 0 Å². The highest BCUT2D eigenvalue weighted by atomic mass is 15.2. The van der Waals surface area contributed by atoms with Crippen LogP contribution in [0.2, 0.25) is 0 Å². The molecule has 16 heavy (non-hydrogen) atoms. The van der Waals surface area contributed by atoms with Crippen molar-refractivity contribution in [3.63, 3.8) is 0 Å². The maximum Gasteiger partial charge on any atom is 0.0609 e. The Bertz CT molecular complexity index is 352. The Labute approximate surface area is 98.7 Å². The monoisotopic (exact) mass is 218 g/mol. The molecule has 1 fully saturated rings. The van der Waals surface area contributed by atoms with E-state index >= 15 is 0 Å². The van der Waals surface area contributed by atoms with Crippen molar-refractivity contribution >= 4 is 11.4 Å². The Hall–Kier alpha value is -1.18. The number of anilines is 2. The van der Waals surface area contributed by atoms with Gasteiger partial charge in [-0.3, -0.25) is 0 Å². The van der Waals surface area contributed by atoms with E-state index in [2.05, 4.69) is 49.2 Å². The molecule has 0 bridgehead atoms. The molecule has 0 spiro atoms. The third kappa shape index (κ3) is 2.31. The molecule has 0 saturated carbocycles. The Kier molecular flexibility index (Phi) is 3.37. The first kappa shape index (κ1) is 11.3. The van der Waals surface area contributed by atoms with Crippen LogP contribution in [0.25, 0.3) is 0 Å². The molecule has 1 aliphatic rings. The molecule has 88 valence electrons. The highest BCUT2D eigenvalue weighted by molar-refractivity contribution is 5.74. The molecule has 1 aromatic rings. The van der Waals surface area contributed by atoms with Gasteiger partial charge in [-0.05, 0) is 45.2 Å². The fourth-order valence-corrected chi connectivity index (χ4v) is 2.35. The number of rotatable bonds is 3. The van der Waals surface area contributed by atoms with E-state index < -0.39 is 0 Å². The molecule has 0 aliphatic carbocycles. The summed E-state index contributed by atoms with van der Waals surface area (Å²) in [6.07, 6.45) is 2.66. The maximum atomic E-state index is 3.58. The van der Waals surface area contributed by atoms with Crippen LogP contribution in [0.1, 0.15) is 32.3 Å². The van der Waals surface area contributed by atoms with Crippen LogP contribution in [0.3, 0.4) is 0 Å². The van der Waals surface area contributed by atoms with Gasteiger partial charge in [-0.15, -0.1) is 0 Å². The molecule has 0 amide bonds. The third-order valence-electron chi connectivity index (χ3n) is 3.13. The second kappa shape index (κ2) is 4.77. The number of aryl methyl sites for hydroxylation is 1. The molecular weight excluding hydrogens is 196 g/mol. The van der Waals surface area contributed by atoms with Crippen molar-refractivity contribution in [2.45, 2.75) is 39.7 Å². The van der Waals surface area contributed by atoms with Gasteiger partial charge in [0.1, 0.15) is 0 Å². The van der Waals surface area contributed by atoms with Crippen molar-refractivity contribution in [3.8, 4) is 0 Å². The van der Waals surface area contributed by atoms with Crippen molar-refractivity contribution < 1.29 is 0 Å². The topological polar surface area (TPSA) is 15.3 Å². The maximum absolute atomic E-state index is 3.58. The van der Waals surface area contributed by atoms with Crippen molar-refractivity contribution in [3.05, 3.63) is 23.8 Å². The third-order valence-corrected chi connectivity index (χ3v) is 3.13. The molecule has 1 aliphatic heterocycles. The standard InChI is InChI=1S/C14H22N2/c1-11(2)15-14-12(3)7-6-8-13(14)16-9-4-5-10-16/h6-8,11,15H,4-5,9-10H2,1-3H3. The Morgan fingerprint density at radius 2 is 1.88 bits per heavy atom. The van der Waals surface area contributed by atoms with Crippen LogP contribution in [-0.4, -0.2) is 19.1 Å². The van der Waals surface area contributed by atoms with E-state index in [1.807, 2.05) is 0 Å². The molecule has 2 heteroatoms. The lowest BCUT2D eigenvalue weighted by atomic mass is 10.1. The fourth-order valence-electron chi connectivity index (χ4n) is 2.35. The SMILES string of the molecule is Cc1cccc(N2CCCC2)c1NC(C)C. The summed E-state index contributed by atoms with van der Waals surface area (Å²) in [4.78, 5) is 2.50. The highest BCUT2D eigenvalue weighted by Gasteiger charge is 2.16. The Morgan fingerprint density at radius 1 is 1.19 bits per heavy atom. The van der Waals surface area contributed by atoms with E-state index in [9.17, 15) is 0 Å². The molecule has 2 nitrogen and oxygen atoms in total. The molecule has 0 aromatic heterocycles. The lowest BCUT2D eigenvalue weighted by Gasteiger charge is -2.24. The summed E-state index contributed by atoms with van der Waals surface area (Å²) in [5, 5.41) is 3.58. The fraction of sp³-hybridized carbons (Fsp3) is 0.571. The second-order valence-electron chi connectivity index (χ2n) is 4.96. The van der Waals surface area contributed by atoms with Crippen molar-refractivity contribution in [1.29, 1.82) is 0 Å². The van der Waals surface area contributed by atoms with Crippen molar-refractivity contribution in [2.75, 3.05) is 23.3 Å². The van der Waals surface area contributed by atoms with Crippen LogP contribution in [0.15, 0.2) is 18.2 Å². The van der Waals surface area contributed by atoms with Crippen LogP contribution in [-0.2, 0) is 0 Å². The van der Waals surface area contributed by atoms with Crippen LogP contribution in [0, 0.1) is 6.92 Å². The lowest BCUT2D eigenvalue weighted by molar-refractivity contribution is 0.889. The average Bonchev–Trinajstić information content (AvgIpc) is 2.73. The van der Waals surface area contributed by atoms with Gasteiger partial charge in [0.05, 0.1) is 11.4 Å². The minimum Gasteiger partial charge on any atom is -0.381 e. The van der Waals surface area contributed by atoms with Crippen LogP contribution >= 0.6 is 0 Å². The van der Waals surface area contributed by atoms with Crippen LogP contribution in [0.4, 0.5) is 11.4 Å². The lowest BCUT2D eigenvalue weighted by Crippen LogP contribution is -2.21. The van der Waals surface area contributed by atoms with E-state index in [0.29, 0.717) is 6.04 Å². The van der Waals surface area contributed by atoms with Gasteiger partial charge in [-0.2, -0.15) is 0 Å². The minimum atomic E-state index is 0.488. The number of benzene rings is 1. The van der Waals surface area contributed by atoms with Crippen LogP contribution in [0.5, 0.6) is 0 Å². The van der Waals surface area contributed by atoms with E-state index in [4.69, 9.17) is 0 Å². The number of hydrogen-bond acceptors (Lipinski definition) is 2. The summed E-state index contributed by atoms with van der Waals surface area (Å²) in [7, 11) is 0. The zero-order valence-corrected chi connectivity index (χ0v) is 10.6. The molecule has 0 radical (unpaired) electrons. The largest absolute Gasteiger partial charge is 0.381 e. The van der Waals surface area contributed by atoms with Crippen LogP contribution < -0.4 is 10.2 Å². The predicted octanol–water partition coefficient (Wildman–Crippen LogP) is 3.42. The molecule has 1 saturated heterocycles. The first-order valence-electron chi connectivity index (χ1n) is 6.29. The molecule has 1 aromatic carbocycles. The molecule has 2 rings (SSSR count). The number of hydrogen-bond donors (Lipinski definition) is 1. The van der Waals surface area contributed by atoms with E-state index in [0.717, 1.165) is 0 Å². The quantitative estimate of drug-likeness (QED) is 0.836. The van der Waals surface area contributed by atoms with Gasteiger partial charge in [0.15, 0.2) is 0 Å². The normalized spacial score (nSPS) is 15.9. The van der Waals surface area contributed by atoms with Gasteiger partial charge in [0.2, 0.25) is 0 Å². The molecule has 1 heterocycles. The first-order chi connectivity index (χ1) is 7.68. The predicted molar refractivity (Wildman–Crippen MR) is 71.4 cm³/mol. The van der Waals surface area contributed by atoms with Crippen molar-refractivity contribution in [2.24, 2.45) is 0 Å². The van der Waals surface area contributed by atoms with Gasteiger partial charge in [-0.25, -0.2) is 0 Å². The summed E-state index contributed by atoms with van der Waals surface area (Å²) in [6.45, 7) is 8.98. The van der Waals surface area contributed by atoms with Gasteiger partial charge in [0.25, 0.3) is 0 Å².